The normalized spacial score (nSPS) is 43.8. The average Bonchev–Trinajstić information content (AvgIpc) is 2.35. The lowest BCUT2D eigenvalue weighted by atomic mass is 9.79. The van der Waals surface area contributed by atoms with E-state index in [4.69, 9.17) is 9.78 Å². The highest BCUT2D eigenvalue weighted by atomic mass is 17.2. The molecule has 3 nitrogen and oxygen atoms in total. The van der Waals surface area contributed by atoms with Gasteiger partial charge in [-0.25, -0.2) is 9.78 Å². The summed E-state index contributed by atoms with van der Waals surface area (Å²) in [7, 11) is 0. The largest absolute Gasteiger partial charge is 0.363 e. The van der Waals surface area contributed by atoms with Crippen LogP contribution in [-0.4, -0.2) is 16.5 Å². The Morgan fingerprint density at radius 3 is 2.92 bits per heavy atom. The van der Waals surface area contributed by atoms with E-state index in [1.807, 2.05) is 0 Å². The van der Waals surface area contributed by atoms with Crippen LogP contribution in [0, 0.1) is 0 Å². The summed E-state index contributed by atoms with van der Waals surface area (Å²) >= 11 is 0. The van der Waals surface area contributed by atoms with Gasteiger partial charge >= 0.3 is 0 Å². The molecule has 2 bridgehead atoms. The number of unbranched alkanes of at least 4 members (excludes halogenated alkanes) is 1. The lowest BCUT2D eigenvalue weighted by molar-refractivity contribution is -0.387. The van der Waals surface area contributed by atoms with Gasteiger partial charge in [0.2, 0.25) is 5.79 Å². The summed E-state index contributed by atoms with van der Waals surface area (Å²) in [6.45, 7) is 2.17. The molecule has 0 aromatic rings. The minimum absolute atomic E-state index is 0.164. The van der Waals surface area contributed by atoms with Crippen LogP contribution in [-0.2, 0) is 9.78 Å². The van der Waals surface area contributed by atoms with Crippen molar-refractivity contribution in [2.24, 2.45) is 0 Å². The van der Waals surface area contributed by atoms with Gasteiger partial charge in [-0.05, 0) is 19.3 Å². The zero-order chi connectivity index (χ0) is 9.36. The fourth-order valence-corrected chi connectivity index (χ4v) is 2.43. The first-order chi connectivity index (χ1) is 6.18. The van der Waals surface area contributed by atoms with Crippen LogP contribution in [0.15, 0.2) is 0 Å². The maximum absolute atomic E-state index is 9.84. The summed E-state index contributed by atoms with van der Waals surface area (Å²) in [6, 6.07) is 0. The molecule has 2 atom stereocenters. The molecule has 1 saturated carbocycles. The van der Waals surface area contributed by atoms with Gasteiger partial charge in [-0.3, -0.25) is 0 Å². The standard InChI is InChI=1S/C10H18O3/c1-2-3-5-9-6-4-7-10(11,8-9)13-12-9/h11H,2-8H2,1H3. The fraction of sp³-hybridized carbons (Fsp3) is 1.00. The van der Waals surface area contributed by atoms with Gasteiger partial charge in [-0.15, -0.1) is 0 Å². The predicted octanol–water partition coefficient (Wildman–Crippen LogP) is 2.14. The SMILES string of the molecule is CCCCC12CCCC(O)(C1)OO2. The van der Waals surface area contributed by atoms with Crippen molar-refractivity contribution in [3.63, 3.8) is 0 Å². The average molecular weight is 186 g/mol. The maximum atomic E-state index is 9.84. The van der Waals surface area contributed by atoms with Crippen molar-refractivity contribution in [3.05, 3.63) is 0 Å². The van der Waals surface area contributed by atoms with E-state index in [0.29, 0.717) is 6.42 Å². The molecule has 76 valence electrons. The fourth-order valence-electron chi connectivity index (χ4n) is 2.43. The third-order valence-electron chi connectivity index (χ3n) is 3.16. The van der Waals surface area contributed by atoms with Crippen molar-refractivity contribution < 1.29 is 14.9 Å². The molecule has 1 saturated heterocycles. The van der Waals surface area contributed by atoms with E-state index in [1.165, 1.54) is 6.42 Å². The van der Waals surface area contributed by atoms with Gasteiger partial charge in [0, 0.05) is 12.8 Å². The van der Waals surface area contributed by atoms with Crippen molar-refractivity contribution in [3.8, 4) is 0 Å². The van der Waals surface area contributed by atoms with Crippen LogP contribution in [0.1, 0.15) is 51.9 Å². The van der Waals surface area contributed by atoms with Crippen molar-refractivity contribution in [2.45, 2.75) is 63.3 Å². The van der Waals surface area contributed by atoms with E-state index < -0.39 is 5.79 Å². The Hall–Kier alpha value is -0.120. The summed E-state index contributed by atoms with van der Waals surface area (Å²) in [5.41, 5.74) is -0.164. The number of rotatable bonds is 3. The third kappa shape index (κ3) is 1.73. The van der Waals surface area contributed by atoms with Gasteiger partial charge < -0.3 is 5.11 Å². The molecule has 1 heterocycles. The van der Waals surface area contributed by atoms with Crippen LogP contribution >= 0.6 is 0 Å². The number of hydrogen-bond donors (Lipinski definition) is 1. The van der Waals surface area contributed by atoms with Crippen LogP contribution in [0.5, 0.6) is 0 Å². The topological polar surface area (TPSA) is 38.7 Å². The highest BCUT2D eigenvalue weighted by Gasteiger charge is 2.53. The molecule has 3 heteroatoms. The molecule has 2 fully saturated rings. The second kappa shape index (κ2) is 3.23. The molecular weight excluding hydrogens is 168 g/mol. The van der Waals surface area contributed by atoms with Crippen LogP contribution in [0.3, 0.4) is 0 Å². The monoisotopic (exact) mass is 186 g/mol. The Kier molecular flexibility index (Phi) is 2.34. The Morgan fingerprint density at radius 2 is 2.15 bits per heavy atom. The van der Waals surface area contributed by atoms with Gasteiger partial charge in [0.1, 0.15) is 5.60 Å². The Bertz CT molecular complexity index is 195. The van der Waals surface area contributed by atoms with Crippen molar-refractivity contribution in [1.29, 1.82) is 0 Å². The van der Waals surface area contributed by atoms with E-state index >= 15 is 0 Å². The van der Waals surface area contributed by atoms with E-state index in [9.17, 15) is 5.11 Å². The first-order valence-electron chi connectivity index (χ1n) is 5.27. The minimum Gasteiger partial charge on any atom is -0.363 e. The number of aliphatic hydroxyl groups is 1. The first-order valence-corrected chi connectivity index (χ1v) is 5.27. The van der Waals surface area contributed by atoms with Crippen LogP contribution in [0.4, 0.5) is 0 Å². The summed E-state index contributed by atoms with van der Waals surface area (Å²) in [5.74, 6) is -0.966. The van der Waals surface area contributed by atoms with Gasteiger partial charge in [-0.2, -0.15) is 0 Å². The van der Waals surface area contributed by atoms with Gasteiger partial charge in [0.25, 0.3) is 0 Å². The molecule has 1 aliphatic carbocycles. The summed E-state index contributed by atoms with van der Waals surface area (Å²) < 4.78 is 0. The molecule has 0 aromatic heterocycles. The smallest absolute Gasteiger partial charge is 0.202 e. The lowest BCUT2D eigenvalue weighted by Crippen LogP contribution is -2.37. The molecule has 2 rings (SSSR count). The van der Waals surface area contributed by atoms with Crippen LogP contribution in [0.25, 0.3) is 0 Å². The Balaban J connectivity index is 1.99. The predicted molar refractivity (Wildman–Crippen MR) is 47.8 cm³/mol. The second-order valence-electron chi connectivity index (χ2n) is 4.43. The van der Waals surface area contributed by atoms with Crippen molar-refractivity contribution in [1.82, 2.24) is 0 Å². The van der Waals surface area contributed by atoms with Gasteiger partial charge in [-0.1, -0.05) is 19.8 Å². The first kappa shape index (κ1) is 9.44. The second-order valence-corrected chi connectivity index (χ2v) is 4.43. The molecule has 2 aliphatic rings. The summed E-state index contributed by atoms with van der Waals surface area (Å²) in [5, 5.41) is 9.84. The molecule has 0 spiro atoms. The van der Waals surface area contributed by atoms with Crippen LogP contribution in [0.2, 0.25) is 0 Å². The third-order valence-corrected chi connectivity index (χ3v) is 3.16. The highest BCUT2D eigenvalue weighted by molar-refractivity contribution is 4.94. The summed E-state index contributed by atoms with van der Waals surface area (Å²) in [6.07, 6.45) is 6.78. The molecule has 0 aromatic carbocycles. The lowest BCUT2D eigenvalue weighted by Gasteiger charge is -2.30. The molecule has 13 heavy (non-hydrogen) atoms. The molecule has 1 aliphatic heterocycles. The van der Waals surface area contributed by atoms with Crippen LogP contribution < -0.4 is 0 Å². The zero-order valence-corrected chi connectivity index (χ0v) is 8.21. The van der Waals surface area contributed by atoms with Crippen molar-refractivity contribution in [2.75, 3.05) is 0 Å². The molecule has 0 radical (unpaired) electrons. The van der Waals surface area contributed by atoms with E-state index in [-0.39, 0.29) is 5.60 Å². The number of fused-ring (bicyclic) bond motifs is 2. The van der Waals surface area contributed by atoms with E-state index in [2.05, 4.69) is 6.92 Å². The molecule has 0 amide bonds. The zero-order valence-electron chi connectivity index (χ0n) is 8.21. The maximum Gasteiger partial charge on any atom is 0.202 e. The van der Waals surface area contributed by atoms with E-state index in [0.717, 1.165) is 32.1 Å². The molecule has 1 N–H and O–H groups in total. The quantitative estimate of drug-likeness (QED) is 0.686. The summed E-state index contributed by atoms with van der Waals surface area (Å²) in [4.78, 5) is 10.3. The number of hydrogen-bond acceptors (Lipinski definition) is 3. The Labute approximate surface area is 79.0 Å². The Morgan fingerprint density at radius 1 is 1.31 bits per heavy atom. The molecular formula is C10H18O3. The van der Waals surface area contributed by atoms with Gasteiger partial charge in [0.05, 0.1) is 0 Å². The van der Waals surface area contributed by atoms with Crippen molar-refractivity contribution >= 4 is 0 Å². The van der Waals surface area contributed by atoms with Gasteiger partial charge in [0.15, 0.2) is 0 Å². The van der Waals surface area contributed by atoms with E-state index in [1.54, 1.807) is 0 Å². The minimum atomic E-state index is -0.966. The molecule has 2 unspecified atom stereocenters. The highest BCUT2D eigenvalue weighted by Crippen LogP contribution is 2.47.